The summed E-state index contributed by atoms with van der Waals surface area (Å²) >= 11 is 0. The van der Waals surface area contributed by atoms with E-state index in [9.17, 15) is 9.59 Å². The lowest BCUT2D eigenvalue weighted by Gasteiger charge is -2.31. The number of carbonyl (C=O) groups excluding carboxylic acids is 2. The van der Waals surface area contributed by atoms with Crippen LogP contribution in [-0.4, -0.2) is 38.3 Å². The first-order chi connectivity index (χ1) is 16.9. The van der Waals surface area contributed by atoms with E-state index < -0.39 is 6.04 Å². The van der Waals surface area contributed by atoms with E-state index in [2.05, 4.69) is 34.5 Å². The first kappa shape index (κ1) is 24.1. The molecule has 0 radical (unpaired) electrons. The number of nitrogens with one attached hydrogen (secondary N) is 1. The molecule has 4 rings (SSSR count). The quantitative estimate of drug-likeness (QED) is 0.398. The Labute approximate surface area is 205 Å². The summed E-state index contributed by atoms with van der Waals surface area (Å²) in [4.78, 5) is 33.2. The van der Waals surface area contributed by atoms with E-state index in [1.807, 2.05) is 55.5 Å². The second kappa shape index (κ2) is 10.9. The molecular weight excluding hydrogens is 440 g/mol. The van der Waals surface area contributed by atoms with Crippen molar-refractivity contribution < 1.29 is 9.59 Å². The second-order valence-corrected chi connectivity index (χ2v) is 9.00. The lowest BCUT2D eigenvalue weighted by molar-refractivity contribution is -0.127. The van der Waals surface area contributed by atoms with Crippen molar-refractivity contribution in [3.05, 3.63) is 84.2 Å². The monoisotopic (exact) mass is 470 g/mol. The van der Waals surface area contributed by atoms with Crippen molar-refractivity contribution in [1.29, 1.82) is 0 Å². The predicted octanol–water partition coefficient (Wildman–Crippen LogP) is 4.07. The molecule has 0 saturated heterocycles. The predicted molar refractivity (Wildman–Crippen MR) is 136 cm³/mol. The van der Waals surface area contributed by atoms with Crippen molar-refractivity contribution in [2.24, 2.45) is 5.92 Å². The molecule has 0 spiro atoms. The molecule has 0 bridgehead atoms. The maximum Gasteiger partial charge on any atom is 0.249 e. The van der Waals surface area contributed by atoms with Gasteiger partial charge >= 0.3 is 0 Å². The van der Waals surface area contributed by atoms with E-state index >= 15 is 0 Å². The molecule has 1 atom stereocenters. The smallest absolute Gasteiger partial charge is 0.249 e. The van der Waals surface area contributed by atoms with Crippen LogP contribution in [0, 0.1) is 12.8 Å². The van der Waals surface area contributed by atoms with Gasteiger partial charge in [0.25, 0.3) is 0 Å². The first-order valence-corrected chi connectivity index (χ1v) is 11.8. The van der Waals surface area contributed by atoms with Gasteiger partial charge in [0.2, 0.25) is 11.8 Å². The molecule has 35 heavy (non-hydrogen) atoms. The molecular formula is C27H30N6O2. The van der Waals surface area contributed by atoms with Crippen LogP contribution in [0.2, 0.25) is 0 Å². The summed E-state index contributed by atoms with van der Waals surface area (Å²) in [6, 6.07) is 17.8. The zero-order valence-electron chi connectivity index (χ0n) is 20.3. The third-order valence-corrected chi connectivity index (χ3v) is 5.80. The van der Waals surface area contributed by atoms with Crippen LogP contribution in [0.1, 0.15) is 37.4 Å². The van der Waals surface area contributed by atoms with Gasteiger partial charge in [-0.25, -0.2) is 4.68 Å². The molecule has 0 saturated carbocycles. The molecule has 0 fully saturated rings. The van der Waals surface area contributed by atoms with E-state index in [4.69, 9.17) is 0 Å². The number of benzene rings is 2. The van der Waals surface area contributed by atoms with Crippen molar-refractivity contribution in [2.75, 3.05) is 11.4 Å². The van der Waals surface area contributed by atoms with Gasteiger partial charge in [-0.3, -0.25) is 19.5 Å². The van der Waals surface area contributed by atoms with Crippen LogP contribution < -0.4 is 10.2 Å². The Morgan fingerprint density at radius 3 is 2.54 bits per heavy atom. The Kier molecular flexibility index (Phi) is 7.50. The summed E-state index contributed by atoms with van der Waals surface area (Å²) in [7, 11) is 0. The molecule has 2 aromatic heterocycles. The van der Waals surface area contributed by atoms with E-state index in [0.717, 1.165) is 17.5 Å². The number of rotatable bonds is 9. The highest BCUT2D eigenvalue weighted by Gasteiger charge is 2.33. The van der Waals surface area contributed by atoms with Gasteiger partial charge in [0.05, 0.1) is 5.52 Å². The minimum absolute atomic E-state index is 0.0602. The molecule has 2 aromatic carbocycles. The van der Waals surface area contributed by atoms with Crippen molar-refractivity contribution in [2.45, 2.75) is 39.8 Å². The maximum atomic E-state index is 13.9. The largest absolute Gasteiger partial charge is 0.354 e. The fourth-order valence-electron chi connectivity index (χ4n) is 4.00. The van der Waals surface area contributed by atoms with Gasteiger partial charge in [-0.2, -0.15) is 0 Å². The summed E-state index contributed by atoms with van der Waals surface area (Å²) in [6.07, 6.45) is 4.11. The number of fused-ring (bicyclic) bond motifs is 1. The van der Waals surface area contributed by atoms with Crippen molar-refractivity contribution >= 4 is 28.5 Å². The summed E-state index contributed by atoms with van der Waals surface area (Å²) in [6.45, 7) is 6.65. The number of aryl methyl sites for hydroxylation is 1. The number of hydrogen-bond donors (Lipinski definition) is 1. The molecule has 2 amide bonds. The number of nitrogens with zero attached hydrogens (tertiary/aromatic N) is 5. The van der Waals surface area contributed by atoms with Gasteiger partial charge in [0.1, 0.15) is 18.1 Å². The minimum Gasteiger partial charge on any atom is -0.354 e. The number of hydrogen-bond acceptors (Lipinski definition) is 5. The van der Waals surface area contributed by atoms with Crippen LogP contribution in [0.4, 0.5) is 5.69 Å². The second-order valence-electron chi connectivity index (χ2n) is 9.00. The maximum absolute atomic E-state index is 13.9. The number of amides is 2. The van der Waals surface area contributed by atoms with Gasteiger partial charge in [-0.1, -0.05) is 43.3 Å². The Morgan fingerprint density at radius 1 is 1.03 bits per heavy atom. The van der Waals surface area contributed by atoms with Crippen LogP contribution in [0.5, 0.6) is 0 Å². The lowest BCUT2D eigenvalue weighted by atomic mass is 10.0. The summed E-state index contributed by atoms with van der Waals surface area (Å²) < 4.78 is 1.57. The Bertz CT molecular complexity index is 1300. The number of para-hydroxylation sites is 1. The first-order valence-electron chi connectivity index (χ1n) is 11.8. The molecule has 1 N–H and O–H groups in total. The van der Waals surface area contributed by atoms with Gasteiger partial charge in [-0.05, 0) is 66.8 Å². The molecule has 0 aliphatic heterocycles. The molecule has 8 heteroatoms. The fraction of sp³-hybridized carbons (Fsp3) is 0.296. The third kappa shape index (κ3) is 5.71. The van der Waals surface area contributed by atoms with Crippen molar-refractivity contribution in [3.63, 3.8) is 0 Å². The minimum atomic E-state index is -0.866. The Balaban J connectivity index is 1.74. The zero-order valence-corrected chi connectivity index (χ0v) is 20.3. The van der Waals surface area contributed by atoms with E-state index in [-0.39, 0.29) is 18.4 Å². The SMILES string of the molecule is Cc1cccc(N(C(=O)Cn2nnc3ccccc32)[C@H](C(=O)NCCC(C)C)c2ccncc2)c1. The molecule has 0 aliphatic rings. The molecule has 0 unspecified atom stereocenters. The van der Waals surface area contributed by atoms with Crippen LogP contribution in [0.3, 0.4) is 0 Å². The van der Waals surface area contributed by atoms with Gasteiger partial charge in [0, 0.05) is 24.6 Å². The summed E-state index contributed by atoms with van der Waals surface area (Å²) in [5.74, 6) is -0.0630. The van der Waals surface area contributed by atoms with Crippen molar-refractivity contribution in [1.82, 2.24) is 25.3 Å². The van der Waals surface area contributed by atoms with Gasteiger partial charge in [0.15, 0.2) is 0 Å². The van der Waals surface area contributed by atoms with E-state index in [0.29, 0.717) is 29.2 Å². The molecule has 0 aliphatic carbocycles. The van der Waals surface area contributed by atoms with Crippen molar-refractivity contribution in [3.8, 4) is 0 Å². The standard InChI is InChI=1S/C27H30N6O2/c1-19(2)11-16-29-27(35)26(21-12-14-28-15-13-21)33(22-8-6-7-20(3)17-22)25(34)18-32-24-10-5-4-9-23(24)30-31-32/h4-10,12-15,17,19,26H,11,16,18H2,1-3H3,(H,29,35)/t26-/m0/s1. The van der Waals surface area contributed by atoms with Gasteiger partial charge < -0.3 is 5.32 Å². The topological polar surface area (TPSA) is 93.0 Å². The fourth-order valence-corrected chi connectivity index (χ4v) is 4.00. The van der Waals surface area contributed by atoms with Crippen LogP contribution >= 0.6 is 0 Å². The number of pyridine rings is 1. The third-order valence-electron chi connectivity index (χ3n) is 5.80. The van der Waals surface area contributed by atoms with E-state index in [1.54, 1.807) is 34.1 Å². The number of carbonyl (C=O) groups is 2. The number of anilines is 1. The highest BCUT2D eigenvalue weighted by Crippen LogP contribution is 2.29. The Morgan fingerprint density at radius 2 is 1.80 bits per heavy atom. The summed E-state index contributed by atoms with van der Waals surface area (Å²) in [5, 5.41) is 11.4. The molecule has 4 aromatic rings. The average molecular weight is 471 g/mol. The van der Waals surface area contributed by atoms with Gasteiger partial charge in [-0.15, -0.1) is 5.10 Å². The Hall–Kier alpha value is -4.07. The van der Waals surface area contributed by atoms with Crippen LogP contribution in [0.15, 0.2) is 73.1 Å². The zero-order chi connectivity index (χ0) is 24.8. The average Bonchev–Trinajstić information content (AvgIpc) is 3.25. The lowest BCUT2D eigenvalue weighted by Crippen LogP contribution is -2.45. The van der Waals surface area contributed by atoms with E-state index in [1.165, 1.54) is 0 Å². The van der Waals surface area contributed by atoms with Crippen LogP contribution in [0.25, 0.3) is 11.0 Å². The number of aromatic nitrogens is 4. The normalized spacial score (nSPS) is 12.0. The molecule has 8 nitrogen and oxygen atoms in total. The highest BCUT2D eigenvalue weighted by atomic mass is 16.2. The van der Waals surface area contributed by atoms with Crippen LogP contribution in [-0.2, 0) is 16.1 Å². The summed E-state index contributed by atoms with van der Waals surface area (Å²) in [5.41, 5.74) is 3.77. The molecule has 180 valence electrons. The molecule has 2 heterocycles. The highest BCUT2D eigenvalue weighted by molar-refractivity contribution is 6.01.